The highest BCUT2D eigenvalue weighted by molar-refractivity contribution is 9.10. The minimum atomic E-state index is -0.686. The van der Waals surface area contributed by atoms with E-state index in [-0.39, 0.29) is 0 Å². The van der Waals surface area contributed by atoms with Gasteiger partial charge in [0.25, 0.3) is 0 Å². The number of hydrogen-bond acceptors (Lipinski definition) is 3. The molecule has 1 aromatic rings. The van der Waals surface area contributed by atoms with Gasteiger partial charge < -0.3 is 0 Å². The fraction of sp³-hybridized carbons (Fsp3) is 0.273. The van der Waals surface area contributed by atoms with E-state index in [9.17, 15) is 0 Å². The lowest BCUT2D eigenvalue weighted by Crippen LogP contribution is -2.28. The number of halogens is 1. The first-order chi connectivity index (χ1) is 7.17. The summed E-state index contributed by atoms with van der Waals surface area (Å²) in [5, 5.41) is 17.4. The van der Waals surface area contributed by atoms with Crippen LogP contribution in [0.2, 0.25) is 0 Å². The second-order valence-electron chi connectivity index (χ2n) is 3.20. The second kappa shape index (κ2) is 5.50. The molecule has 0 saturated carbocycles. The van der Waals surface area contributed by atoms with Crippen molar-refractivity contribution in [1.29, 1.82) is 10.5 Å². The normalized spacial score (nSPS) is 10.0. The van der Waals surface area contributed by atoms with Crippen molar-refractivity contribution in [3.05, 3.63) is 34.3 Å². The van der Waals surface area contributed by atoms with Gasteiger partial charge in [0.05, 0.1) is 12.1 Å². The summed E-state index contributed by atoms with van der Waals surface area (Å²) < 4.78 is 1.02. The van der Waals surface area contributed by atoms with Gasteiger partial charge in [0.1, 0.15) is 0 Å². The van der Waals surface area contributed by atoms with Crippen molar-refractivity contribution in [2.75, 3.05) is 7.05 Å². The van der Waals surface area contributed by atoms with Crippen molar-refractivity contribution < 1.29 is 0 Å². The zero-order chi connectivity index (χ0) is 11.3. The maximum atomic E-state index is 8.70. The highest BCUT2D eigenvalue weighted by Crippen LogP contribution is 2.12. The highest BCUT2D eigenvalue weighted by Gasteiger charge is 2.12. The number of nitrogens with zero attached hydrogens (tertiary/aromatic N) is 3. The van der Waals surface area contributed by atoms with Gasteiger partial charge in [0.2, 0.25) is 0 Å². The molecule has 0 N–H and O–H groups in total. The second-order valence-corrected chi connectivity index (χ2v) is 4.12. The molecule has 76 valence electrons. The molecule has 4 heteroatoms. The summed E-state index contributed by atoms with van der Waals surface area (Å²) in [6.45, 7) is 0.596. The van der Waals surface area contributed by atoms with Crippen LogP contribution in [0.3, 0.4) is 0 Å². The van der Waals surface area contributed by atoms with Crippen molar-refractivity contribution in [1.82, 2.24) is 4.90 Å². The van der Waals surface area contributed by atoms with Crippen molar-refractivity contribution >= 4 is 15.9 Å². The molecular formula is C11H10BrN3. The van der Waals surface area contributed by atoms with E-state index in [1.54, 1.807) is 11.9 Å². The maximum Gasteiger partial charge on any atom is 0.186 e. The molecular weight excluding hydrogens is 254 g/mol. The molecule has 0 aliphatic carbocycles. The number of benzene rings is 1. The van der Waals surface area contributed by atoms with E-state index < -0.39 is 6.04 Å². The monoisotopic (exact) mass is 263 g/mol. The molecule has 0 spiro atoms. The topological polar surface area (TPSA) is 50.8 Å². The Kier molecular flexibility index (Phi) is 4.30. The highest BCUT2D eigenvalue weighted by atomic mass is 79.9. The van der Waals surface area contributed by atoms with Gasteiger partial charge in [-0.05, 0) is 24.7 Å². The van der Waals surface area contributed by atoms with E-state index in [4.69, 9.17) is 10.5 Å². The third-order valence-corrected chi connectivity index (χ3v) is 2.56. The van der Waals surface area contributed by atoms with Gasteiger partial charge in [0.15, 0.2) is 6.04 Å². The van der Waals surface area contributed by atoms with Gasteiger partial charge in [-0.2, -0.15) is 10.5 Å². The molecule has 0 fully saturated rings. The predicted molar refractivity (Wildman–Crippen MR) is 60.6 cm³/mol. The minimum absolute atomic E-state index is 0.596. The Hall–Kier alpha value is -1.36. The lowest BCUT2D eigenvalue weighted by atomic mass is 10.2. The van der Waals surface area contributed by atoms with Crippen LogP contribution in [0.25, 0.3) is 0 Å². The Balaban J connectivity index is 2.67. The Morgan fingerprint density at radius 2 is 1.80 bits per heavy atom. The van der Waals surface area contributed by atoms with Crippen molar-refractivity contribution in [3.63, 3.8) is 0 Å². The zero-order valence-corrected chi connectivity index (χ0v) is 9.90. The molecule has 0 aliphatic rings. The molecule has 1 rings (SSSR count). The third-order valence-electron chi connectivity index (χ3n) is 2.03. The van der Waals surface area contributed by atoms with Gasteiger partial charge in [-0.15, -0.1) is 0 Å². The van der Waals surface area contributed by atoms with Crippen LogP contribution in [0.4, 0.5) is 0 Å². The molecule has 3 nitrogen and oxygen atoms in total. The predicted octanol–water partition coefficient (Wildman–Crippen LogP) is 2.30. The van der Waals surface area contributed by atoms with Crippen LogP contribution in [-0.4, -0.2) is 18.0 Å². The Morgan fingerprint density at radius 3 is 2.27 bits per heavy atom. The molecule has 0 radical (unpaired) electrons. The summed E-state index contributed by atoms with van der Waals surface area (Å²) in [4.78, 5) is 1.71. The van der Waals surface area contributed by atoms with Gasteiger partial charge in [0, 0.05) is 11.0 Å². The van der Waals surface area contributed by atoms with E-state index in [2.05, 4.69) is 15.9 Å². The van der Waals surface area contributed by atoms with E-state index in [1.165, 1.54) is 0 Å². The van der Waals surface area contributed by atoms with E-state index >= 15 is 0 Å². The van der Waals surface area contributed by atoms with Crippen LogP contribution in [-0.2, 0) is 6.54 Å². The van der Waals surface area contributed by atoms with Crippen LogP contribution in [0.1, 0.15) is 5.56 Å². The quantitative estimate of drug-likeness (QED) is 0.841. The maximum absolute atomic E-state index is 8.70. The molecule has 0 heterocycles. The summed E-state index contributed by atoms with van der Waals surface area (Å²) in [5.41, 5.74) is 1.08. The first-order valence-corrected chi connectivity index (χ1v) is 5.20. The van der Waals surface area contributed by atoms with Gasteiger partial charge in [-0.3, -0.25) is 4.90 Å². The molecule has 0 aromatic heterocycles. The summed E-state index contributed by atoms with van der Waals surface area (Å²) in [5.74, 6) is 0. The van der Waals surface area contributed by atoms with Crippen LogP contribution >= 0.6 is 15.9 Å². The van der Waals surface area contributed by atoms with E-state index in [0.29, 0.717) is 6.54 Å². The largest absolute Gasteiger partial charge is 0.275 e. The van der Waals surface area contributed by atoms with Crippen LogP contribution in [0, 0.1) is 22.7 Å². The molecule has 0 saturated heterocycles. The molecule has 15 heavy (non-hydrogen) atoms. The summed E-state index contributed by atoms with van der Waals surface area (Å²) in [6, 6.07) is 11.0. The van der Waals surface area contributed by atoms with Crippen molar-refractivity contribution in [3.8, 4) is 12.1 Å². The summed E-state index contributed by atoms with van der Waals surface area (Å²) in [6.07, 6.45) is 0. The lowest BCUT2D eigenvalue weighted by molar-refractivity contribution is 0.321. The Morgan fingerprint density at radius 1 is 1.27 bits per heavy atom. The Labute approximate surface area is 97.7 Å². The number of rotatable bonds is 3. The van der Waals surface area contributed by atoms with E-state index in [1.807, 2.05) is 36.4 Å². The fourth-order valence-corrected chi connectivity index (χ4v) is 1.46. The minimum Gasteiger partial charge on any atom is -0.275 e. The van der Waals surface area contributed by atoms with E-state index in [0.717, 1.165) is 10.0 Å². The van der Waals surface area contributed by atoms with Gasteiger partial charge >= 0.3 is 0 Å². The average molecular weight is 264 g/mol. The first-order valence-electron chi connectivity index (χ1n) is 4.41. The molecule has 1 aromatic carbocycles. The van der Waals surface area contributed by atoms with Crippen LogP contribution < -0.4 is 0 Å². The molecule has 0 bridgehead atoms. The van der Waals surface area contributed by atoms with Crippen LogP contribution in [0.15, 0.2) is 28.7 Å². The molecule has 0 atom stereocenters. The van der Waals surface area contributed by atoms with Crippen LogP contribution in [0.5, 0.6) is 0 Å². The smallest absolute Gasteiger partial charge is 0.186 e. The third kappa shape index (κ3) is 3.36. The summed E-state index contributed by atoms with van der Waals surface area (Å²) >= 11 is 3.35. The van der Waals surface area contributed by atoms with Crippen molar-refractivity contribution in [2.45, 2.75) is 12.6 Å². The molecule has 0 unspecified atom stereocenters. The fourth-order valence-electron chi connectivity index (χ4n) is 1.20. The van der Waals surface area contributed by atoms with Gasteiger partial charge in [-0.1, -0.05) is 28.1 Å². The lowest BCUT2D eigenvalue weighted by Gasteiger charge is -2.16. The molecule has 0 amide bonds. The number of hydrogen-bond donors (Lipinski definition) is 0. The van der Waals surface area contributed by atoms with Crippen molar-refractivity contribution in [2.24, 2.45) is 0 Å². The zero-order valence-electron chi connectivity index (χ0n) is 8.31. The van der Waals surface area contributed by atoms with Gasteiger partial charge in [-0.25, -0.2) is 0 Å². The average Bonchev–Trinajstić information content (AvgIpc) is 2.23. The number of nitriles is 2. The first kappa shape index (κ1) is 11.7. The standard InChI is InChI=1S/C11H10BrN3/c1-15(11(6-13)7-14)8-9-2-4-10(12)5-3-9/h2-5,11H,8H2,1H3. The SMILES string of the molecule is CN(Cc1ccc(Br)cc1)C(C#N)C#N. The molecule has 0 aliphatic heterocycles. The summed E-state index contributed by atoms with van der Waals surface area (Å²) in [7, 11) is 1.76. The Bertz CT molecular complexity index is 385.